The number of ether oxygens (including phenoxy) is 1. The van der Waals surface area contributed by atoms with Crippen LogP contribution in [0.3, 0.4) is 0 Å². The van der Waals surface area contributed by atoms with Gasteiger partial charge >= 0.3 is 0 Å². The average Bonchev–Trinajstić information content (AvgIpc) is 2.20. The maximum absolute atomic E-state index is 12.2. The first-order valence-electron chi connectivity index (χ1n) is 6.88. The topological polar surface area (TPSA) is 32.4 Å². The predicted octanol–water partition coefficient (Wildman–Crippen LogP) is 3.56. The molecule has 0 aromatic rings. The van der Waals surface area contributed by atoms with Crippen LogP contribution in [0.1, 0.15) is 66.7 Å². The Balaban J connectivity index is 2.48. The second-order valence-electron chi connectivity index (χ2n) is 6.53. The summed E-state index contributed by atoms with van der Waals surface area (Å²) in [6.45, 7) is 11.1. The van der Waals surface area contributed by atoms with Crippen molar-refractivity contribution in [3.05, 3.63) is 0 Å². The summed E-state index contributed by atoms with van der Waals surface area (Å²) in [7, 11) is 0. The number of rotatable bonds is 5. The van der Waals surface area contributed by atoms with Gasteiger partial charge in [-0.2, -0.15) is 0 Å². The zero-order chi connectivity index (χ0) is 13.1. The lowest BCUT2D eigenvalue weighted by molar-refractivity contribution is -0.301. The van der Waals surface area contributed by atoms with Gasteiger partial charge in [0.25, 0.3) is 0 Å². The van der Waals surface area contributed by atoms with Gasteiger partial charge in [0.05, 0.1) is 6.10 Å². The van der Waals surface area contributed by atoms with Crippen molar-refractivity contribution in [1.82, 2.24) is 5.06 Å². The minimum Gasteiger partial charge on any atom is -0.378 e. The van der Waals surface area contributed by atoms with Crippen molar-refractivity contribution in [2.24, 2.45) is 0 Å². The summed E-state index contributed by atoms with van der Waals surface area (Å²) in [5.74, 6) is 0. The summed E-state index contributed by atoms with van der Waals surface area (Å²) in [4.78, 5) is 0. The van der Waals surface area contributed by atoms with Gasteiger partial charge < -0.3 is 4.74 Å². The highest BCUT2D eigenvalue weighted by Gasteiger charge is 2.46. The van der Waals surface area contributed by atoms with Crippen LogP contribution in [0.25, 0.3) is 0 Å². The zero-order valence-electron chi connectivity index (χ0n) is 12.1. The lowest BCUT2D eigenvalue weighted by Gasteiger charge is -2.49. The fourth-order valence-electron chi connectivity index (χ4n) is 2.89. The number of piperidine rings is 1. The van der Waals surface area contributed by atoms with Crippen LogP contribution in [0.5, 0.6) is 0 Å². The number of unbranched alkanes of at least 4 members (excludes halogenated alkanes) is 2. The average molecular weight is 242 g/mol. The van der Waals surface area contributed by atoms with Gasteiger partial charge in [-0.15, -0.1) is 10.3 Å². The van der Waals surface area contributed by atoms with Gasteiger partial charge in [0.15, 0.2) is 0 Å². The molecule has 17 heavy (non-hydrogen) atoms. The fourth-order valence-corrected chi connectivity index (χ4v) is 2.89. The van der Waals surface area contributed by atoms with Crippen molar-refractivity contribution in [2.45, 2.75) is 83.9 Å². The third-order valence-electron chi connectivity index (χ3n) is 3.66. The fraction of sp³-hybridized carbons (Fsp3) is 1.00. The molecule has 1 radical (unpaired) electrons. The molecule has 1 heterocycles. The first-order chi connectivity index (χ1) is 7.79. The van der Waals surface area contributed by atoms with E-state index in [1.807, 2.05) is 27.7 Å². The molecule has 0 spiro atoms. The number of hydrogen-bond acceptors (Lipinski definition) is 2. The third kappa shape index (κ3) is 3.94. The molecule has 0 atom stereocenters. The van der Waals surface area contributed by atoms with Crippen molar-refractivity contribution in [3.8, 4) is 0 Å². The standard InChI is InChI=1S/C14H28NO2/c1-6-7-8-9-17-12-10-13(2,3)15(16)14(4,5)11-12/h12H,6-11H2,1-5H3. The van der Waals surface area contributed by atoms with Gasteiger partial charge in [0, 0.05) is 17.7 Å². The van der Waals surface area contributed by atoms with Crippen LogP contribution in [0.15, 0.2) is 0 Å². The molecule has 101 valence electrons. The summed E-state index contributed by atoms with van der Waals surface area (Å²) in [6, 6.07) is 0. The minimum atomic E-state index is -0.308. The highest BCUT2D eigenvalue weighted by Crippen LogP contribution is 2.38. The van der Waals surface area contributed by atoms with E-state index in [0.29, 0.717) is 0 Å². The Morgan fingerprint density at radius 2 is 1.65 bits per heavy atom. The highest BCUT2D eigenvalue weighted by atomic mass is 16.5. The summed E-state index contributed by atoms with van der Waals surface area (Å²) in [6.07, 6.45) is 5.50. The molecule has 1 aliphatic heterocycles. The third-order valence-corrected chi connectivity index (χ3v) is 3.66. The predicted molar refractivity (Wildman–Crippen MR) is 69.2 cm³/mol. The molecule has 3 nitrogen and oxygen atoms in total. The molecule has 0 aromatic carbocycles. The first kappa shape index (κ1) is 14.9. The Kier molecular flexibility index (Phi) is 4.99. The van der Waals surface area contributed by atoms with Gasteiger partial charge in [-0.3, -0.25) is 0 Å². The number of hydrogen-bond donors (Lipinski definition) is 0. The SMILES string of the molecule is CCCCCOC1CC(C)(C)N([O])C(C)(C)C1. The number of hydroxylamine groups is 2. The van der Waals surface area contributed by atoms with Gasteiger partial charge in [0.1, 0.15) is 0 Å². The Labute approximate surface area is 106 Å². The van der Waals surface area contributed by atoms with E-state index in [-0.39, 0.29) is 17.2 Å². The Bertz CT molecular complexity index is 220. The monoisotopic (exact) mass is 242 g/mol. The van der Waals surface area contributed by atoms with Crippen LogP contribution >= 0.6 is 0 Å². The molecule has 0 N–H and O–H groups in total. The van der Waals surface area contributed by atoms with E-state index in [9.17, 15) is 5.21 Å². The Hall–Kier alpha value is -0.120. The smallest absolute Gasteiger partial charge is 0.0611 e. The normalized spacial score (nSPS) is 25.1. The molecular formula is C14H28NO2. The molecule has 1 aliphatic rings. The lowest BCUT2D eigenvalue weighted by Crippen LogP contribution is -2.59. The van der Waals surface area contributed by atoms with Crippen molar-refractivity contribution in [1.29, 1.82) is 0 Å². The molecule has 0 amide bonds. The molecular weight excluding hydrogens is 214 g/mol. The van der Waals surface area contributed by atoms with Crippen LogP contribution in [-0.2, 0) is 9.94 Å². The summed E-state index contributed by atoms with van der Waals surface area (Å²) in [5, 5.41) is 13.4. The van der Waals surface area contributed by atoms with E-state index < -0.39 is 0 Å². The summed E-state index contributed by atoms with van der Waals surface area (Å²) < 4.78 is 5.94. The van der Waals surface area contributed by atoms with E-state index >= 15 is 0 Å². The molecule has 1 fully saturated rings. The van der Waals surface area contributed by atoms with E-state index in [2.05, 4.69) is 6.92 Å². The molecule has 0 aliphatic carbocycles. The minimum absolute atomic E-state index is 0.238. The van der Waals surface area contributed by atoms with Crippen molar-refractivity contribution in [3.63, 3.8) is 0 Å². The molecule has 1 rings (SSSR count). The second kappa shape index (κ2) is 5.68. The van der Waals surface area contributed by atoms with E-state index in [0.717, 1.165) is 25.9 Å². The van der Waals surface area contributed by atoms with Crippen molar-refractivity contribution >= 4 is 0 Å². The van der Waals surface area contributed by atoms with Crippen LogP contribution < -0.4 is 0 Å². The maximum Gasteiger partial charge on any atom is 0.0611 e. The summed E-state index contributed by atoms with van der Waals surface area (Å²) >= 11 is 0. The van der Waals surface area contributed by atoms with E-state index in [1.165, 1.54) is 17.9 Å². The van der Waals surface area contributed by atoms with Crippen LogP contribution in [0, 0.1) is 0 Å². The lowest BCUT2D eigenvalue weighted by atomic mass is 9.80. The van der Waals surface area contributed by atoms with Gasteiger partial charge in [0.2, 0.25) is 0 Å². The molecule has 0 saturated carbocycles. The van der Waals surface area contributed by atoms with Crippen LogP contribution in [0.2, 0.25) is 0 Å². The second-order valence-corrected chi connectivity index (χ2v) is 6.53. The Morgan fingerprint density at radius 1 is 1.12 bits per heavy atom. The van der Waals surface area contributed by atoms with Crippen molar-refractivity contribution in [2.75, 3.05) is 6.61 Å². The first-order valence-corrected chi connectivity index (χ1v) is 6.88. The van der Waals surface area contributed by atoms with Gasteiger partial charge in [-0.25, -0.2) is 0 Å². The zero-order valence-corrected chi connectivity index (χ0v) is 12.1. The largest absolute Gasteiger partial charge is 0.378 e. The van der Waals surface area contributed by atoms with Gasteiger partial charge in [-0.1, -0.05) is 19.8 Å². The summed E-state index contributed by atoms with van der Waals surface area (Å²) in [5.41, 5.74) is -0.617. The molecule has 0 aromatic heterocycles. The van der Waals surface area contributed by atoms with Crippen LogP contribution in [0.4, 0.5) is 0 Å². The van der Waals surface area contributed by atoms with Gasteiger partial charge in [-0.05, 0) is 47.0 Å². The molecule has 0 bridgehead atoms. The Morgan fingerprint density at radius 3 is 2.12 bits per heavy atom. The van der Waals surface area contributed by atoms with E-state index in [4.69, 9.17) is 4.74 Å². The van der Waals surface area contributed by atoms with Crippen molar-refractivity contribution < 1.29 is 9.94 Å². The maximum atomic E-state index is 12.2. The molecule has 3 heteroatoms. The highest BCUT2D eigenvalue weighted by molar-refractivity contribution is 4.96. The quantitative estimate of drug-likeness (QED) is 0.690. The molecule has 1 saturated heterocycles. The van der Waals surface area contributed by atoms with Crippen LogP contribution in [-0.4, -0.2) is 28.9 Å². The number of nitrogens with zero attached hydrogens (tertiary/aromatic N) is 1. The molecule has 0 unspecified atom stereocenters. The van der Waals surface area contributed by atoms with E-state index in [1.54, 1.807) is 0 Å².